The van der Waals surface area contributed by atoms with Crippen molar-refractivity contribution in [1.29, 1.82) is 5.26 Å². The van der Waals surface area contributed by atoms with E-state index >= 15 is 0 Å². The number of carbonyl (C=O) groups is 2. The van der Waals surface area contributed by atoms with Crippen molar-refractivity contribution in [2.45, 2.75) is 119 Å². The molecule has 8 atom stereocenters. The molecule has 0 aromatic carbocycles. The monoisotopic (exact) mass is 525 g/mol. The Hall–Kier alpha value is -1.51. The zero-order valence-corrected chi connectivity index (χ0v) is 25.1. The third-order valence-electron chi connectivity index (χ3n) is 12.9. The summed E-state index contributed by atoms with van der Waals surface area (Å²) in [5.74, 6) is 0.491. The van der Waals surface area contributed by atoms with E-state index in [-0.39, 0.29) is 57.2 Å². The van der Waals surface area contributed by atoms with Gasteiger partial charge in [-0.05, 0) is 97.7 Å². The average molecular weight is 526 g/mol. The number of Topliss-reactive ketones (excluding diaryl/α,β-unsaturated/α-hetero) is 2. The van der Waals surface area contributed by atoms with E-state index < -0.39 is 16.9 Å². The second-order valence-corrected chi connectivity index (χ2v) is 15.8. The Morgan fingerprint density at radius 3 is 2.26 bits per heavy atom. The number of rotatable bonds is 5. The number of aliphatic hydroxyl groups is 2. The van der Waals surface area contributed by atoms with Gasteiger partial charge in [0, 0.05) is 17.3 Å². The SMILES string of the molecule is CC(=O)C[C@@H]1[C@@]2(C)C=C(C#N)C(=O)C(C)(C)[C@@H]2CC[C@@]1(C)[C@]1(C)CC[C@@]2(C(O)CO)CCC(C)(C)CC2C1. The van der Waals surface area contributed by atoms with E-state index in [2.05, 4.69) is 40.7 Å². The smallest absolute Gasteiger partial charge is 0.178 e. The van der Waals surface area contributed by atoms with Crippen molar-refractivity contribution in [3.63, 3.8) is 0 Å². The van der Waals surface area contributed by atoms with E-state index in [1.54, 1.807) is 6.92 Å². The van der Waals surface area contributed by atoms with Crippen molar-refractivity contribution in [1.82, 2.24) is 0 Å². The molecule has 0 saturated heterocycles. The lowest BCUT2D eigenvalue weighted by atomic mass is 9.36. The molecule has 0 radical (unpaired) electrons. The van der Waals surface area contributed by atoms with Crippen molar-refractivity contribution in [3.05, 3.63) is 11.6 Å². The summed E-state index contributed by atoms with van der Waals surface area (Å²) < 4.78 is 0. The number of ketones is 2. The van der Waals surface area contributed by atoms with Crippen LogP contribution in [0.15, 0.2) is 11.6 Å². The summed E-state index contributed by atoms with van der Waals surface area (Å²) in [5.41, 5.74) is -1.12. The number of aliphatic hydroxyl groups excluding tert-OH is 2. The van der Waals surface area contributed by atoms with Crippen molar-refractivity contribution in [2.75, 3.05) is 6.61 Å². The zero-order chi connectivity index (χ0) is 28.5. The summed E-state index contributed by atoms with van der Waals surface area (Å²) in [6.45, 7) is 17.1. The van der Waals surface area contributed by atoms with Gasteiger partial charge in [0.25, 0.3) is 0 Å². The third-order valence-corrected chi connectivity index (χ3v) is 12.9. The van der Waals surface area contributed by atoms with Crippen molar-refractivity contribution in [3.8, 4) is 6.07 Å². The Labute approximate surface area is 230 Å². The second kappa shape index (κ2) is 9.27. The quantitative estimate of drug-likeness (QED) is 0.432. The predicted octanol–water partition coefficient (Wildman–Crippen LogP) is 6.42. The van der Waals surface area contributed by atoms with E-state index in [9.17, 15) is 25.1 Å². The van der Waals surface area contributed by atoms with Crippen LogP contribution in [0.25, 0.3) is 0 Å². The lowest BCUT2D eigenvalue weighted by Gasteiger charge is -2.68. The molecular weight excluding hydrogens is 474 g/mol. The van der Waals surface area contributed by atoms with Gasteiger partial charge >= 0.3 is 0 Å². The topological polar surface area (TPSA) is 98.4 Å². The Morgan fingerprint density at radius 1 is 1.05 bits per heavy atom. The van der Waals surface area contributed by atoms with Crippen LogP contribution < -0.4 is 0 Å². The van der Waals surface area contributed by atoms with Crippen LogP contribution in [0.1, 0.15) is 113 Å². The second-order valence-electron chi connectivity index (χ2n) is 15.8. The minimum Gasteiger partial charge on any atom is -0.394 e. The fourth-order valence-electron chi connectivity index (χ4n) is 10.4. The van der Waals surface area contributed by atoms with Crippen LogP contribution in [0, 0.1) is 61.6 Å². The molecule has 212 valence electrons. The van der Waals surface area contributed by atoms with Crippen LogP contribution >= 0.6 is 0 Å². The Morgan fingerprint density at radius 2 is 1.68 bits per heavy atom. The highest BCUT2D eigenvalue weighted by molar-refractivity contribution is 6.04. The summed E-state index contributed by atoms with van der Waals surface area (Å²) in [6.07, 6.45) is 9.38. The molecule has 0 spiro atoms. The Bertz CT molecular complexity index is 1070. The first kappa shape index (κ1) is 29.5. The molecule has 5 nitrogen and oxygen atoms in total. The van der Waals surface area contributed by atoms with E-state index in [4.69, 9.17) is 0 Å². The summed E-state index contributed by atoms with van der Waals surface area (Å²) in [5, 5.41) is 31.1. The Kier molecular flexibility index (Phi) is 7.19. The maximum atomic E-state index is 13.3. The normalized spacial score (nSPS) is 44.7. The maximum absolute atomic E-state index is 13.3. The molecule has 4 aliphatic carbocycles. The largest absolute Gasteiger partial charge is 0.394 e. The minimum absolute atomic E-state index is 0.0128. The van der Waals surface area contributed by atoms with Gasteiger partial charge in [-0.25, -0.2) is 0 Å². The van der Waals surface area contributed by atoms with Crippen LogP contribution in [0.4, 0.5) is 0 Å². The highest BCUT2D eigenvalue weighted by Gasteiger charge is 2.66. The fourth-order valence-corrected chi connectivity index (χ4v) is 10.4. The molecule has 0 aromatic rings. The fraction of sp³-hybridized carbons (Fsp3) is 0.848. The summed E-state index contributed by atoms with van der Waals surface area (Å²) >= 11 is 0. The van der Waals surface area contributed by atoms with E-state index in [1.807, 2.05) is 19.9 Å². The van der Waals surface area contributed by atoms with Crippen LogP contribution in [-0.2, 0) is 9.59 Å². The van der Waals surface area contributed by atoms with Crippen LogP contribution in [0.5, 0.6) is 0 Å². The number of fused-ring (bicyclic) bond motifs is 2. The molecule has 3 saturated carbocycles. The standard InChI is InChI=1S/C33H51NO4/c1-21(36)15-25-31(7)16-22(19-34)27(38)29(4,5)24(31)9-10-32(25,8)30(6)12-14-33(26(37)20-35)13-11-28(2,3)17-23(33)18-30/h16,23-26,35,37H,9-15,17-18,20H2,1-8H3/t23?,24-,25+,26?,30+,31-,32+,33-/m0/s1. The van der Waals surface area contributed by atoms with Gasteiger partial charge in [-0.2, -0.15) is 5.26 Å². The number of hydrogen-bond donors (Lipinski definition) is 2. The van der Waals surface area contributed by atoms with Crippen molar-refractivity contribution in [2.24, 2.45) is 50.2 Å². The molecule has 4 aliphatic rings. The van der Waals surface area contributed by atoms with E-state index in [0.29, 0.717) is 12.3 Å². The van der Waals surface area contributed by atoms with Crippen molar-refractivity contribution >= 4 is 11.6 Å². The first-order valence-corrected chi connectivity index (χ1v) is 14.9. The number of nitriles is 1. The molecule has 2 N–H and O–H groups in total. The molecule has 0 heterocycles. The van der Waals surface area contributed by atoms with E-state index in [0.717, 1.165) is 51.4 Å². The summed E-state index contributed by atoms with van der Waals surface area (Å²) in [7, 11) is 0. The molecule has 0 bridgehead atoms. The number of hydrogen-bond acceptors (Lipinski definition) is 5. The first-order chi connectivity index (χ1) is 17.4. The molecule has 5 heteroatoms. The van der Waals surface area contributed by atoms with Gasteiger partial charge in [0.1, 0.15) is 11.9 Å². The van der Waals surface area contributed by atoms with Gasteiger partial charge in [0.15, 0.2) is 5.78 Å². The molecule has 2 unspecified atom stereocenters. The summed E-state index contributed by atoms with van der Waals surface area (Å²) in [6, 6.07) is 2.20. The lowest BCUT2D eigenvalue weighted by Crippen LogP contribution is -2.62. The van der Waals surface area contributed by atoms with Gasteiger partial charge in [-0.1, -0.05) is 54.5 Å². The molecule has 3 fully saturated rings. The van der Waals surface area contributed by atoms with Gasteiger partial charge in [-0.3, -0.25) is 4.79 Å². The lowest BCUT2D eigenvalue weighted by molar-refractivity contribution is -0.193. The van der Waals surface area contributed by atoms with Gasteiger partial charge in [-0.15, -0.1) is 0 Å². The highest BCUT2D eigenvalue weighted by Crippen LogP contribution is 2.72. The average Bonchev–Trinajstić information content (AvgIpc) is 2.82. The number of allylic oxidation sites excluding steroid dienone is 2. The van der Waals surface area contributed by atoms with Gasteiger partial charge < -0.3 is 15.0 Å². The minimum atomic E-state index is -0.700. The van der Waals surface area contributed by atoms with Crippen LogP contribution in [0.2, 0.25) is 0 Å². The molecule has 38 heavy (non-hydrogen) atoms. The molecule has 4 rings (SSSR count). The zero-order valence-electron chi connectivity index (χ0n) is 25.1. The number of carbonyl (C=O) groups excluding carboxylic acids is 2. The van der Waals surface area contributed by atoms with Crippen LogP contribution in [0.3, 0.4) is 0 Å². The highest BCUT2D eigenvalue weighted by atomic mass is 16.3. The maximum Gasteiger partial charge on any atom is 0.178 e. The summed E-state index contributed by atoms with van der Waals surface area (Å²) in [4.78, 5) is 26.1. The number of nitrogens with zero attached hydrogens (tertiary/aromatic N) is 1. The van der Waals surface area contributed by atoms with Crippen molar-refractivity contribution < 1.29 is 19.8 Å². The molecular formula is C33H51NO4. The first-order valence-electron chi connectivity index (χ1n) is 14.9. The Balaban J connectivity index is 1.82. The predicted molar refractivity (Wildman–Crippen MR) is 149 cm³/mol. The molecule has 0 amide bonds. The molecule has 0 aromatic heterocycles. The molecule has 0 aliphatic heterocycles. The third kappa shape index (κ3) is 4.15. The van der Waals surface area contributed by atoms with Gasteiger partial charge in [0.2, 0.25) is 0 Å². The van der Waals surface area contributed by atoms with Gasteiger partial charge in [0.05, 0.1) is 18.3 Å². The van der Waals surface area contributed by atoms with E-state index in [1.165, 1.54) is 0 Å². The van der Waals surface area contributed by atoms with Crippen LogP contribution in [-0.4, -0.2) is 34.5 Å².